The van der Waals surface area contributed by atoms with Gasteiger partial charge in [0, 0.05) is 6.54 Å². The fourth-order valence-electron chi connectivity index (χ4n) is 2.02. The van der Waals surface area contributed by atoms with Gasteiger partial charge in [0.1, 0.15) is 5.82 Å². The van der Waals surface area contributed by atoms with Crippen molar-refractivity contribution >= 4 is 11.6 Å². The lowest BCUT2D eigenvalue weighted by Crippen LogP contribution is -2.40. The van der Waals surface area contributed by atoms with Gasteiger partial charge in [-0.15, -0.1) is 0 Å². The largest absolute Gasteiger partial charge is 0.372 e. The lowest BCUT2D eigenvalue weighted by molar-refractivity contribution is -0.00659. The average Bonchev–Trinajstić information content (AvgIpc) is 2.32. The van der Waals surface area contributed by atoms with Crippen molar-refractivity contribution in [1.82, 2.24) is 5.32 Å². The molecule has 2 unspecified atom stereocenters. The molecule has 4 heteroatoms. The van der Waals surface area contributed by atoms with Crippen molar-refractivity contribution in [1.29, 1.82) is 0 Å². The maximum Gasteiger partial charge on any atom is 0.141 e. The first-order valence-corrected chi connectivity index (χ1v) is 6.31. The Labute approximate surface area is 106 Å². The van der Waals surface area contributed by atoms with Crippen LogP contribution in [-0.2, 0) is 11.3 Å². The molecule has 0 saturated carbocycles. The van der Waals surface area contributed by atoms with Crippen LogP contribution >= 0.6 is 11.6 Å². The molecule has 0 amide bonds. The first-order chi connectivity index (χ1) is 8.16. The fourth-order valence-corrected chi connectivity index (χ4v) is 2.22. The first-order valence-electron chi connectivity index (χ1n) is 5.93. The molecular weight excluding hydrogens is 241 g/mol. The zero-order valence-electron chi connectivity index (χ0n) is 9.88. The van der Waals surface area contributed by atoms with Crippen LogP contribution in [0, 0.1) is 11.7 Å². The molecule has 2 nitrogen and oxygen atoms in total. The SMILES string of the molecule is CC1CCNCC1OCc1ccc(F)c(Cl)c1. The number of piperidine rings is 1. The second-order valence-electron chi connectivity index (χ2n) is 4.57. The van der Waals surface area contributed by atoms with Crippen molar-refractivity contribution in [3.8, 4) is 0 Å². The van der Waals surface area contributed by atoms with Crippen molar-refractivity contribution < 1.29 is 9.13 Å². The molecular formula is C13H17ClFNO. The van der Waals surface area contributed by atoms with E-state index in [-0.39, 0.29) is 16.9 Å². The normalized spacial score (nSPS) is 24.9. The standard InChI is InChI=1S/C13H17ClFNO/c1-9-4-5-16-7-13(9)17-8-10-2-3-12(15)11(14)6-10/h2-3,6,9,13,16H,4-5,7-8H2,1H3. The van der Waals surface area contributed by atoms with Crippen molar-refractivity contribution in [3.63, 3.8) is 0 Å². The molecule has 94 valence electrons. The number of hydrogen-bond donors (Lipinski definition) is 1. The van der Waals surface area contributed by atoms with Crippen LogP contribution in [0.2, 0.25) is 5.02 Å². The van der Waals surface area contributed by atoms with Crippen LogP contribution < -0.4 is 5.32 Å². The average molecular weight is 258 g/mol. The van der Waals surface area contributed by atoms with E-state index in [4.69, 9.17) is 16.3 Å². The molecule has 1 aromatic carbocycles. The number of ether oxygens (including phenoxy) is 1. The summed E-state index contributed by atoms with van der Waals surface area (Å²) in [6, 6.07) is 4.71. The zero-order valence-corrected chi connectivity index (χ0v) is 10.6. The van der Waals surface area contributed by atoms with Gasteiger partial charge in [-0.25, -0.2) is 4.39 Å². The first kappa shape index (κ1) is 12.8. The summed E-state index contributed by atoms with van der Waals surface area (Å²) in [7, 11) is 0. The van der Waals surface area contributed by atoms with Gasteiger partial charge in [0.15, 0.2) is 0 Å². The minimum atomic E-state index is -0.386. The lowest BCUT2D eigenvalue weighted by Gasteiger charge is -2.29. The Bertz CT molecular complexity index is 386. The number of benzene rings is 1. The highest BCUT2D eigenvalue weighted by molar-refractivity contribution is 6.30. The quantitative estimate of drug-likeness (QED) is 0.899. The molecule has 2 atom stereocenters. The van der Waals surface area contributed by atoms with E-state index in [1.807, 2.05) is 0 Å². The molecule has 0 aliphatic carbocycles. The summed E-state index contributed by atoms with van der Waals surface area (Å²) in [5, 5.41) is 3.46. The number of hydrogen-bond acceptors (Lipinski definition) is 2. The summed E-state index contributed by atoms with van der Waals surface area (Å²) >= 11 is 5.72. The molecule has 0 aromatic heterocycles. The van der Waals surface area contributed by atoms with Crippen molar-refractivity contribution in [2.75, 3.05) is 13.1 Å². The summed E-state index contributed by atoms with van der Waals surface area (Å²) in [6.07, 6.45) is 1.36. The third-order valence-electron chi connectivity index (χ3n) is 3.20. The minimum Gasteiger partial charge on any atom is -0.372 e. The third kappa shape index (κ3) is 3.41. The van der Waals surface area contributed by atoms with Crippen LogP contribution in [0.1, 0.15) is 18.9 Å². The molecule has 1 fully saturated rings. The van der Waals surface area contributed by atoms with E-state index in [2.05, 4.69) is 12.2 Å². The van der Waals surface area contributed by atoms with Crippen LogP contribution in [0.25, 0.3) is 0 Å². The number of halogens is 2. The minimum absolute atomic E-state index is 0.154. The van der Waals surface area contributed by atoms with Gasteiger partial charge in [-0.05, 0) is 36.6 Å². The fraction of sp³-hybridized carbons (Fsp3) is 0.538. The van der Waals surface area contributed by atoms with Crippen LogP contribution in [0.5, 0.6) is 0 Å². The van der Waals surface area contributed by atoms with Gasteiger partial charge in [0.05, 0.1) is 17.7 Å². The molecule has 17 heavy (non-hydrogen) atoms. The van der Waals surface area contributed by atoms with E-state index in [0.717, 1.165) is 25.1 Å². The van der Waals surface area contributed by atoms with Gasteiger partial charge in [-0.2, -0.15) is 0 Å². The zero-order chi connectivity index (χ0) is 12.3. The predicted molar refractivity (Wildman–Crippen MR) is 66.6 cm³/mol. The van der Waals surface area contributed by atoms with Crippen LogP contribution in [0.4, 0.5) is 4.39 Å². The highest BCUT2D eigenvalue weighted by Crippen LogP contribution is 2.19. The molecule has 1 saturated heterocycles. The molecule has 1 heterocycles. The van der Waals surface area contributed by atoms with E-state index in [0.29, 0.717) is 12.5 Å². The van der Waals surface area contributed by atoms with Gasteiger partial charge in [-0.3, -0.25) is 0 Å². The van der Waals surface area contributed by atoms with Crippen molar-refractivity contribution in [2.45, 2.75) is 26.1 Å². The summed E-state index contributed by atoms with van der Waals surface area (Å²) in [4.78, 5) is 0. The lowest BCUT2D eigenvalue weighted by atomic mass is 9.97. The molecule has 1 aliphatic rings. The Hall–Kier alpha value is -0.640. The topological polar surface area (TPSA) is 21.3 Å². The number of nitrogens with one attached hydrogen (secondary N) is 1. The number of rotatable bonds is 3. The molecule has 1 aliphatic heterocycles. The Balaban J connectivity index is 1.90. The van der Waals surface area contributed by atoms with E-state index >= 15 is 0 Å². The molecule has 0 spiro atoms. The van der Waals surface area contributed by atoms with Crippen LogP contribution in [0.3, 0.4) is 0 Å². The second kappa shape index (κ2) is 5.80. The molecule has 0 bridgehead atoms. The Morgan fingerprint density at radius 1 is 1.53 bits per heavy atom. The van der Waals surface area contributed by atoms with Gasteiger partial charge in [0.25, 0.3) is 0 Å². The van der Waals surface area contributed by atoms with E-state index in [1.54, 1.807) is 12.1 Å². The van der Waals surface area contributed by atoms with E-state index in [9.17, 15) is 4.39 Å². The highest BCUT2D eigenvalue weighted by Gasteiger charge is 2.21. The maximum atomic E-state index is 13.0. The molecule has 1 N–H and O–H groups in total. The summed E-state index contributed by atoms with van der Waals surface area (Å²) in [5.41, 5.74) is 0.911. The Kier molecular flexibility index (Phi) is 4.37. The van der Waals surface area contributed by atoms with Gasteiger partial charge in [-0.1, -0.05) is 24.6 Å². The van der Waals surface area contributed by atoms with Crippen molar-refractivity contribution in [2.24, 2.45) is 5.92 Å². The summed E-state index contributed by atoms with van der Waals surface area (Å²) < 4.78 is 18.8. The summed E-state index contributed by atoms with van der Waals surface area (Å²) in [5.74, 6) is 0.176. The maximum absolute atomic E-state index is 13.0. The molecule has 0 radical (unpaired) electrons. The van der Waals surface area contributed by atoms with Crippen LogP contribution in [-0.4, -0.2) is 19.2 Å². The van der Waals surface area contributed by atoms with Gasteiger partial charge >= 0.3 is 0 Å². The molecule has 2 rings (SSSR count). The van der Waals surface area contributed by atoms with Crippen LogP contribution in [0.15, 0.2) is 18.2 Å². The molecule has 1 aromatic rings. The predicted octanol–water partition coefficient (Wildman–Crippen LogP) is 2.99. The monoisotopic (exact) mass is 257 g/mol. The smallest absolute Gasteiger partial charge is 0.141 e. The Morgan fingerprint density at radius 2 is 2.35 bits per heavy atom. The van der Waals surface area contributed by atoms with Crippen molar-refractivity contribution in [3.05, 3.63) is 34.6 Å². The summed E-state index contributed by atoms with van der Waals surface area (Å²) in [6.45, 7) is 4.62. The highest BCUT2D eigenvalue weighted by atomic mass is 35.5. The second-order valence-corrected chi connectivity index (χ2v) is 4.98. The van der Waals surface area contributed by atoms with E-state index < -0.39 is 0 Å². The Morgan fingerprint density at radius 3 is 3.06 bits per heavy atom. The third-order valence-corrected chi connectivity index (χ3v) is 3.49. The van der Waals surface area contributed by atoms with Gasteiger partial charge in [0.2, 0.25) is 0 Å². The van der Waals surface area contributed by atoms with Gasteiger partial charge < -0.3 is 10.1 Å². The van der Waals surface area contributed by atoms with E-state index in [1.165, 1.54) is 6.07 Å².